The van der Waals surface area contributed by atoms with Crippen LogP contribution in [0.4, 0.5) is 4.39 Å². The van der Waals surface area contributed by atoms with E-state index in [0.717, 1.165) is 16.2 Å². The van der Waals surface area contributed by atoms with Crippen molar-refractivity contribution in [1.82, 2.24) is 19.7 Å². The summed E-state index contributed by atoms with van der Waals surface area (Å²) in [4.78, 5) is 29.0. The van der Waals surface area contributed by atoms with Gasteiger partial charge in [0.25, 0.3) is 5.91 Å². The number of rotatable bonds is 4. The van der Waals surface area contributed by atoms with Gasteiger partial charge in [0.15, 0.2) is 0 Å². The Morgan fingerprint density at radius 3 is 2.62 bits per heavy atom. The lowest BCUT2D eigenvalue weighted by molar-refractivity contribution is -0.149. The highest BCUT2D eigenvalue weighted by atomic mass is 19.1. The van der Waals surface area contributed by atoms with E-state index in [2.05, 4.69) is 23.9 Å². The van der Waals surface area contributed by atoms with E-state index in [9.17, 15) is 14.0 Å². The predicted octanol–water partition coefficient (Wildman–Crippen LogP) is 2.34. The summed E-state index contributed by atoms with van der Waals surface area (Å²) in [5.74, 6) is -1.38. The number of para-hydroxylation sites is 1. The van der Waals surface area contributed by atoms with Crippen LogP contribution >= 0.6 is 0 Å². The van der Waals surface area contributed by atoms with Crippen LogP contribution in [0.5, 0.6) is 0 Å². The molecule has 1 unspecified atom stereocenters. The molecule has 1 atom stereocenters. The molecule has 1 N–H and O–H groups in total. The van der Waals surface area contributed by atoms with E-state index in [-0.39, 0.29) is 24.7 Å². The first-order valence-electron chi connectivity index (χ1n) is 8.47. The molecule has 1 fully saturated rings. The van der Waals surface area contributed by atoms with E-state index in [0.29, 0.717) is 5.82 Å². The lowest BCUT2D eigenvalue weighted by atomic mass is 10.0. The van der Waals surface area contributed by atoms with Crippen LogP contribution in [0, 0.1) is 6.92 Å². The number of hydrogen-bond acceptors (Lipinski definition) is 4. The minimum absolute atomic E-state index is 0.0256. The Morgan fingerprint density at radius 2 is 2.00 bits per heavy atom. The van der Waals surface area contributed by atoms with Crippen molar-refractivity contribution < 1.29 is 19.1 Å². The quantitative estimate of drug-likeness (QED) is 0.904. The number of carbonyl (C=O) groups is 2. The Kier molecular flexibility index (Phi) is 4.52. The van der Waals surface area contributed by atoms with Crippen LogP contribution in [0.15, 0.2) is 24.3 Å². The van der Waals surface area contributed by atoms with E-state index < -0.39 is 24.1 Å². The number of aryl methyl sites for hydroxylation is 1. The van der Waals surface area contributed by atoms with E-state index in [4.69, 9.17) is 5.11 Å². The van der Waals surface area contributed by atoms with E-state index in [1.165, 1.54) is 0 Å². The van der Waals surface area contributed by atoms with Crippen molar-refractivity contribution in [2.45, 2.75) is 38.8 Å². The van der Waals surface area contributed by atoms with Crippen molar-refractivity contribution in [3.63, 3.8) is 0 Å². The first-order valence-corrected chi connectivity index (χ1v) is 8.47. The zero-order chi connectivity index (χ0) is 19.1. The summed E-state index contributed by atoms with van der Waals surface area (Å²) in [6.07, 6.45) is -0.232. The molecule has 1 aromatic heterocycles. The first kappa shape index (κ1) is 18.0. The number of carboxylic acid groups (broad SMARTS) is 1. The molecule has 0 aliphatic carbocycles. The average molecular weight is 360 g/mol. The number of alkyl halides is 1. The Labute approximate surface area is 150 Å². The smallest absolute Gasteiger partial charge is 0.343 e. The Balaban J connectivity index is 1.90. The standard InChI is InChI=1S/C18H21FN4O3/c1-11(2)13-6-4-5-7-14(13)23-12(3)20-15(21-23)16(24)22-9-8-18(19,10-22)17(25)26/h4-7,11H,8-10H2,1-3H3,(H,25,26). The monoisotopic (exact) mass is 360 g/mol. The fraction of sp³-hybridized carbons (Fsp3) is 0.444. The zero-order valence-electron chi connectivity index (χ0n) is 14.9. The number of hydrogen-bond donors (Lipinski definition) is 1. The minimum Gasteiger partial charge on any atom is -0.479 e. The molecular weight excluding hydrogens is 339 g/mol. The molecule has 1 amide bonds. The van der Waals surface area contributed by atoms with Crippen molar-refractivity contribution in [3.8, 4) is 5.69 Å². The molecule has 2 aromatic rings. The van der Waals surface area contributed by atoms with Crippen molar-refractivity contribution in [2.24, 2.45) is 0 Å². The summed E-state index contributed by atoms with van der Waals surface area (Å²) in [5.41, 5.74) is -0.509. The SMILES string of the molecule is Cc1nc(C(=O)N2CCC(F)(C(=O)O)C2)nn1-c1ccccc1C(C)C. The van der Waals surface area contributed by atoms with Gasteiger partial charge in [0, 0.05) is 13.0 Å². The third-order valence-corrected chi connectivity index (χ3v) is 4.64. The number of carbonyl (C=O) groups excluding carboxylic acids is 1. The summed E-state index contributed by atoms with van der Waals surface area (Å²) in [6, 6.07) is 7.72. The van der Waals surface area contributed by atoms with Crippen LogP contribution in [-0.2, 0) is 4.79 Å². The average Bonchev–Trinajstić information content (AvgIpc) is 3.18. The topological polar surface area (TPSA) is 88.3 Å². The molecule has 0 spiro atoms. The van der Waals surface area contributed by atoms with Crippen molar-refractivity contribution in [3.05, 3.63) is 41.5 Å². The van der Waals surface area contributed by atoms with E-state index in [1.807, 2.05) is 24.3 Å². The van der Waals surface area contributed by atoms with Crippen LogP contribution < -0.4 is 0 Å². The number of nitrogens with zero attached hydrogens (tertiary/aromatic N) is 4. The van der Waals surface area contributed by atoms with Gasteiger partial charge in [-0.25, -0.2) is 18.9 Å². The molecule has 1 saturated heterocycles. The normalized spacial score (nSPS) is 20.0. The van der Waals surface area contributed by atoms with Crippen LogP contribution in [-0.4, -0.2) is 55.4 Å². The summed E-state index contributed by atoms with van der Waals surface area (Å²) < 4.78 is 15.8. The van der Waals surface area contributed by atoms with Crippen molar-refractivity contribution in [1.29, 1.82) is 0 Å². The fourth-order valence-corrected chi connectivity index (χ4v) is 3.14. The van der Waals surface area contributed by atoms with Crippen LogP contribution in [0.2, 0.25) is 0 Å². The van der Waals surface area contributed by atoms with Gasteiger partial charge in [-0.3, -0.25) is 4.79 Å². The van der Waals surface area contributed by atoms with Gasteiger partial charge in [-0.1, -0.05) is 32.0 Å². The van der Waals surface area contributed by atoms with Crippen LogP contribution in [0.3, 0.4) is 0 Å². The molecule has 0 bridgehead atoms. The number of benzene rings is 1. The number of aliphatic carboxylic acids is 1. The second-order valence-electron chi connectivity index (χ2n) is 6.86. The number of aromatic nitrogens is 3. The predicted molar refractivity (Wildman–Crippen MR) is 92.2 cm³/mol. The fourth-order valence-electron chi connectivity index (χ4n) is 3.14. The maximum Gasteiger partial charge on any atom is 0.343 e. The third kappa shape index (κ3) is 3.07. The molecule has 26 heavy (non-hydrogen) atoms. The molecule has 2 heterocycles. The summed E-state index contributed by atoms with van der Waals surface area (Å²) in [6.45, 7) is 5.40. The number of carboxylic acids is 1. The minimum atomic E-state index is -2.41. The van der Waals surface area contributed by atoms with Gasteiger partial charge >= 0.3 is 5.97 Å². The van der Waals surface area contributed by atoms with Gasteiger partial charge in [0.05, 0.1) is 12.2 Å². The summed E-state index contributed by atoms with van der Waals surface area (Å²) in [5, 5.41) is 13.3. The van der Waals surface area contributed by atoms with Crippen LogP contribution in [0.1, 0.15) is 48.2 Å². The molecule has 1 aliphatic rings. The van der Waals surface area contributed by atoms with Gasteiger partial charge in [0.1, 0.15) is 5.82 Å². The highest BCUT2D eigenvalue weighted by Gasteiger charge is 2.47. The maximum absolute atomic E-state index is 14.2. The molecule has 8 heteroatoms. The van der Waals surface area contributed by atoms with E-state index >= 15 is 0 Å². The van der Waals surface area contributed by atoms with Gasteiger partial charge < -0.3 is 10.0 Å². The van der Waals surface area contributed by atoms with Crippen molar-refractivity contribution in [2.75, 3.05) is 13.1 Å². The first-order chi connectivity index (χ1) is 12.2. The van der Waals surface area contributed by atoms with Crippen LogP contribution in [0.25, 0.3) is 5.69 Å². The number of halogens is 1. The number of amides is 1. The Bertz CT molecular complexity index is 864. The van der Waals surface area contributed by atoms with Gasteiger partial charge in [-0.15, -0.1) is 5.10 Å². The largest absolute Gasteiger partial charge is 0.479 e. The second-order valence-corrected chi connectivity index (χ2v) is 6.86. The van der Waals surface area contributed by atoms with Crippen molar-refractivity contribution >= 4 is 11.9 Å². The maximum atomic E-state index is 14.2. The lowest BCUT2D eigenvalue weighted by Crippen LogP contribution is -2.39. The summed E-state index contributed by atoms with van der Waals surface area (Å²) in [7, 11) is 0. The molecule has 138 valence electrons. The third-order valence-electron chi connectivity index (χ3n) is 4.64. The van der Waals surface area contributed by atoms with Gasteiger partial charge in [0.2, 0.25) is 11.5 Å². The highest BCUT2D eigenvalue weighted by molar-refractivity contribution is 5.92. The molecule has 0 radical (unpaired) electrons. The molecule has 0 saturated carbocycles. The lowest BCUT2D eigenvalue weighted by Gasteiger charge is -2.16. The highest BCUT2D eigenvalue weighted by Crippen LogP contribution is 2.27. The van der Waals surface area contributed by atoms with Gasteiger partial charge in [-0.2, -0.15) is 0 Å². The molecule has 3 rings (SSSR count). The number of likely N-dealkylation sites (tertiary alicyclic amines) is 1. The summed E-state index contributed by atoms with van der Waals surface area (Å²) >= 11 is 0. The Morgan fingerprint density at radius 1 is 1.31 bits per heavy atom. The van der Waals surface area contributed by atoms with Gasteiger partial charge in [-0.05, 0) is 24.5 Å². The zero-order valence-corrected chi connectivity index (χ0v) is 14.9. The molecular formula is C18H21FN4O3. The second kappa shape index (κ2) is 6.51. The Hall–Kier alpha value is -2.77. The molecule has 1 aromatic carbocycles. The molecule has 7 nitrogen and oxygen atoms in total. The molecule has 1 aliphatic heterocycles. The van der Waals surface area contributed by atoms with E-state index in [1.54, 1.807) is 11.6 Å².